The van der Waals surface area contributed by atoms with Crippen LogP contribution in [0, 0.1) is 13.8 Å². The van der Waals surface area contributed by atoms with E-state index >= 15 is 0 Å². The fourth-order valence-electron chi connectivity index (χ4n) is 2.14. The van der Waals surface area contributed by atoms with Crippen molar-refractivity contribution in [2.75, 3.05) is 0 Å². The molecule has 0 saturated carbocycles. The Balaban J connectivity index is 1.77. The number of nitrogens with two attached hydrogens (primary N) is 1. The highest BCUT2D eigenvalue weighted by Gasteiger charge is 2.13. The van der Waals surface area contributed by atoms with E-state index in [1.165, 1.54) is 20.9 Å². The Morgan fingerprint density at radius 3 is 2.62 bits per heavy atom. The second-order valence-electron chi connectivity index (χ2n) is 5.30. The summed E-state index contributed by atoms with van der Waals surface area (Å²) in [6, 6.07) is 11.8. The number of benzene rings is 1. The lowest BCUT2D eigenvalue weighted by Crippen LogP contribution is -2.40. The Bertz CT molecular complexity index is 573. The molecule has 0 spiro atoms. The second-order valence-corrected chi connectivity index (χ2v) is 6.64. The first-order valence-corrected chi connectivity index (χ1v) is 8.01. The number of thiophene rings is 1. The summed E-state index contributed by atoms with van der Waals surface area (Å²) in [5, 5.41) is 2.92. The van der Waals surface area contributed by atoms with E-state index in [2.05, 4.69) is 37.4 Å². The van der Waals surface area contributed by atoms with E-state index in [-0.39, 0.29) is 5.91 Å². The van der Waals surface area contributed by atoms with E-state index in [0.717, 1.165) is 6.42 Å². The van der Waals surface area contributed by atoms with Gasteiger partial charge in [-0.3, -0.25) is 4.79 Å². The Labute approximate surface area is 130 Å². The highest BCUT2D eigenvalue weighted by Crippen LogP contribution is 2.20. The van der Waals surface area contributed by atoms with Gasteiger partial charge in [0, 0.05) is 9.75 Å². The number of aryl methyl sites for hydroxylation is 3. The van der Waals surface area contributed by atoms with Crippen LogP contribution in [0.5, 0.6) is 0 Å². The van der Waals surface area contributed by atoms with E-state index in [0.29, 0.717) is 13.0 Å². The van der Waals surface area contributed by atoms with Crippen LogP contribution in [0.1, 0.15) is 27.3 Å². The zero-order valence-corrected chi connectivity index (χ0v) is 13.4. The van der Waals surface area contributed by atoms with Crippen LogP contribution in [-0.2, 0) is 17.8 Å². The molecule has 0 aliphatic heterocycles. The average molecular weight is 302 g/mol. The first kappa shape index (κ1) is 15.7. The first-order valence-electron chi connectivity index (χ1n) is 7.19. The van der Waals surface area contributed by atoms with Gasteiger partial charge in [-0.15, -0.1) is 11.3 Å². The summed E-state index contributed by atoms with van der Waals surface area (Å²) in [6.45, 7) is 4.75. The smallest absolute Gasteiger partial charge is 0.237 e. The quantitative estimate of drug-likeness (QED) is 0.862. The van der Waals surface area contributed by atoms with Crippen LogP contribution in [0.3, 0.4) is 0 Å². The predicted molar refractivity (Wildman–Crippen MR) is 88.4 cm³/mol. The lowest BCUT2D eigenvalue weighted by Gasteiger charge is -2.11. The number of amides is 1. The molecule has 1 heterocycles. The molecule has 112 valence electrons. The largest absolute Gasteiger partial charge is 0.350 e. The molecule has 21 heavy (non-hydrogen) atoms. The Kier molecular flexibility index (Phi) is 5.53. The second kappa shape index (κ2) is 7.38. The maximum absolute atomic E-state index is 12.0. The van der Waals surface area contributed by atoms with Crippen molar-refractivity contribution in [3.8, 4) is 0 Å². The number of hydrogen-bond donors (Lipinski definition) is 2. The lowest BCUT2D eigenvalue weighted by molar-refractivity contribution is -0.122. The van der Waals surface area contributed by atoms with Gasteiger partial charge in [-0.25, -0.2) is 0 Å². The number of nitrogens with one attached hydrogen (secondary N) is 1. The van der Waals surface area contributed by atoms with Crippen LogP contribution in [0.2, 0.25) is 0 Å². The van der Waals surface area contributed by atoms with Gasteiger partial charge in [0.05, 0.1) is 12.6 Å². The maximum atomic E-state index is 12.0. The molecule has 2 rings (SSSR count). The summed E-state index contributed by atoms with van der Waals surface area (Å²) in [7, 11) is 0. The molecule has 0 unspecified atom stereocenters. The van der Waals surface area contributed by atoms with Gasteiger partial charge >= 0.3 is 0 Å². The monoisotopic (exact) mass is 302 g/mol. The number of carbonyl (C=O) groups excluding carboxylic acids is 1. The molecule has 1 aromatic carbocycles. The van der Waals surface area contributed by atoms with Crippen LogP contribution in [0.25, 0.3) is 0 Å². The molecule has 4 heteroatoms. The fourth-order valence-corrected chi connectivity index (χ4v) is 3.13. The van der Waals surface area contributed by atoms with Crippen molar-refractivity contribution in [1.82, 2.24) is 5.32 Å². The third kappa shape index (κ3) is 4.69. The summed E-state index contributed by atoms with van der Waals surface area (Å²) < 4.78 is 0. The van der Waals surface area contributed by atoms with Crippen LogP contribution in [0.4, 0.5) is 0 Å². The number of rotatable bonds is 6. The molecular weight excluding hydrogens is 280 g/mol. The third-order valence-electron chi connectivity index (χ3n) is 3.58. The minimum Gasteiger partial charge on any atom is -0.350 e. The van der Waals surface area contributed by atoms with Gasteiger partial charge in [-0.2, -0.15) is 0 Å². The van der Waals surface area contributed by atoms with Crippen LogP contribution >= 0.6 is 11.3 Å². The number of carbonyl (C=O) groups is 1. The molecular formula is C17H22N2OS. The predicted octanol–water partition coefficient (Wildman–Crippen LogP) is 2.94. The molecule has 1 atom stereocenters. The summed E-state index contributed by atoms with van der Waals surface area (Å²) >= 11 is 1.72. The summed E-state index contributed by atoms with van der Waals surface area (Å²) in [4.78, 5) is 14.5. The molecule has 3 nitrogen and oxygen atoms in total. The standard InChI is InChI=1S/C17H22N2OS/c1-12-10-15(21-13(12)2)11-19-17(20)16(18)9-8-14-6-4-3-5-7-14/h3-7,10,16H,8-9,11,18H2,1-2H3,(H,19,20)/t16-/m0/s1. The molecule has 0 saturated heterocycles. The summed E-state index contributed by atoms with van der Waals surface area (Å²) in [5.41, 5.74) is 8.44. The Hall–Kier alpha value is -1.65. The summed E-state index contributed by atoms with van der Waals surface area (Å²) in [6.07, 6.45) is 1.49. The van der Waals surface area contributed by atoms with Crippen LogP contribution < -0.4 is 11.1 Å². The normalized spacial score (nSPS) is 12.1. The minimum absolute atomic E-state index is 0.0744. The van der Waals surface area contributed by atoms with Crippen molar-refractivity contribution in [2.45, 2.75) is 39.3 Å². The molecule has 0 fully saturated rings. The van der Waals surface area contributed by atoms with Crippen LogP contribution in [-0.4, -0.2) is 11.9 Å². The van der Waals surface area contributed by atoms with Gasteiger partial charge in [-0.1, -0.05) is 30.3 Å². The minimum atomic E-state index is -0.452. The molecule has 2 aromatic rings. The molecule has 0 bridgehead atoms. The van der Waals surface area contributed by atoms with Gasteiger partial charge in [0.15, 0.2) is 0 Å². The molecule has 0 aliphatic rings. The number of hydrogen-bond acceptors (Lipinski definition) is 3. The van der Waals surface area contributed by atoms with E-state index in [1.807, 2.05) is 18.2 Å². The van der Waals surface area contributed by atoms with Gasteiger partial charge in [0.25, 0.3) is 0 Å². The lowest BCUT2D eigenvalue weighted by atomic mass is 10.1. The first-order chi connectivity index (χ1) is 10.1. The molecule has 1 amide bonds. The molecule has 1 aromatic heterocycles. The Morgan fingerprint density at radius 1 is 1.29 bits per heavy atom. The third-order valence-corrected chi connectivity index (χ3v) is 4.73. The highest BCUT2D eigenvalue weighted by atomic mass is 32.1. The van der Waals surface area contributed by atoms with Crippen molar-refractivity contribution in [3.63, 3.8) is 0 Å². The fraction of sp³-hybridized carbons (Fsp3) is 0.353. The summed E-state index contributed by atoms with van der Waals surface area (Å²) in [5.74, 6) is -0.0744. The molecule has 0 radical (unpaired) electrons. The zero-order valence-electron chi connectivity index (χ0n) is 12.6. The van der Waals surface area contributed by atoms with Crippen molar-refractivity contribution in [2.24, 2.45) is 5.73 Å². The van der Waals surface area contributed by atoms with E-state index in [9.17, 15) is 4.79 Å². The van der Waals surface area contributed by atoms with Gasteiger partial charge in [-0.05, 0) is 43.9 Å². The molecule has 3 N–H and O–H groups in total. The van der Waals surface area contributed by atoms with Gasteiger partial charge in [0.2, 0.25) is 5.91 Å². The Morgan fingerprint density at radius 2 is 2.00 bits per heavy atom. The van der Waals surface area contributed by atoms with E-state index < -0.39 is 6.04 Å². The topological polar surface area (TPSA) is 55.1 Å². The highest BCUT2D eigenvalue weighted by molar-refractivity contribution is 7.12. The van der Waals surface area contributed by atoms with Gasteiger partial charge < -0.3 is 11.1 Å². The maximum Gasteiger partial charge on any atom is 0.237 e. The van der Waals surface area contributed by atoms with Crippen molar-refractivity contribution in [3.05, 3.63) is 57.3 Å². The van der Waals surface area contributed by atoms with Gasteiger partial charge in [0.1, 0.15) is 0 Å². The van der Waals surface area contributed by atoms with E-state index in [4.69, 9.17) is 5.73 Å². The van der Waals surface area contributed by atoms with Crippen molar-refractivity contribution in [1.29, 1.82) is 0 Å². The van der Waals surface area contributed by atoms with E-state index in [1.54, 1.807) is 11.3 Å². The SMILES string of the molecule is Cc1cc(CNC(=O)[C@@H](N)CCc2ccccc2)sc1C. The molecule has 0 aliphatic carbocycles. The van der Waals surface area contributed by atoms with Crippen molar-refractivity contribution < 1.29 is 4.79 Å². The average Bonchev–Trinajstić information content (AvgIpc) is 2.82. The van der Waals surface area contributed by atoms with Crippen molar-refractivity contribution >= 4 is 17.2 Å². The zero-order chi connectivity index (χ0) is 15.2. The van der Waals surface area contributed by atoms with Crippen LogP contribution in [0.15, 0.2) is 36.4 Å².